The van der Waals surface area contributed by atoms with Crippen molar-refractivity contribution in [1.82, 2.24) is 10.2 Å². The van der Waals surface area contributed by atoms with Crippen LogP contribution in [0.3, 0.4) is 0 Å². The minimum absolute atomic E-state index is 0.0253. The highest BCUT2D eigenvalue weighted by Crippen LogP contribution is 2.25. The Labute approximate surface area is 169 Å². The van der Waals surface area contributed by atoms with E-state index in [4.69, 9.17) is 4.74 Å². The molecule has 1 N–H and O–H groups in total. The Morgan fingerprint density at radius 3 is 2.28 bits per heavy atom. The summed E-state index contributed by atoms with van der Waals surface area (Å²) in [5, 5.41) is 13.7. The van der Waals surface area contributed by atoms with Crippen LogP contribution in [0.5, 0.6) is 0 Å². The van der Waals surface area contributed by atoms with E-state index in [0.29, 0.717) is 12.1 Å². The molecule has 29 heavy (non-hydrogen) atoms. The predicted molar refractivity (Wildman–Crippen MR) is 108 cm³/mol. The second-order valence-electron chi connectivity index (χ2n) is 6.63. The van der Waals surface area contributed by atoms with Crippen molar-refractivity contribution in [2.24, 2.45) is 0 Å². The first-order valence-electron chi connectivity index (χ1n) is 9.19. The highest BCUT2D eigenvalue weighted by Gasteiger charge is 2.32. The number of benzene rings is 2. The molecule has 1 unspecified atom stereocenters. The topological polar surface area (TPSA) is 102 Å². The van der Waals surface area contributed by atoms with Crippen molar-refractivity contribution in [1.29, 1.82) is 0 Å². The highest BCUT2D eigenvalue weighted by atomic mass is 16.6. The van der Waals surface area contributed by atoms with E-state index >= 15 is 0 Å². The number of hydrogen-bond donors (Lipinski definition) is 1. The van der Waals surface area contributed by atoms with Crippen LogP contribution in [0.15, 0.2) is 54.6 Å². The Morgan fingerprint density at radius 1 is 1.14 bits per heavy atom. The summed E-state index contributed by atoms with van der Waals surface area (Å²) in [5.74, 6) is -0.632. The normalized spacial score (nSPS) is 12.7. The number of rotatable bonds is 9. The maximum atomic E-state index is 12.9. The van der Waals surface area contributed by atoms with Gasteiger partial charge in [0, 0.05) is 32.7 Å². The molecule has 0 bridgehead atoms. The van der Waals surface area contributed by atoms with Crippen LogP contribution in [0.2, 0.25) is 0 Å². The fourth-order valence-electron chi connectivity index (χ4n) is 3.14. The van der Waals surface area contributed by atoms with Gasteiger partial charge in [0.1, 0.15) is 6.04 Å². The zero-order valence-corrected chi connectivity index (χ0v) is 16.7. The molecule has 0 radical (unpaired) electrons. The molecule has 0 heterocycles. The number of nitrogens with zero attached hydrogens (tertiary/aromatic N) is 2. The molecule has 0 saturated heterocycles. The van der Waals surface area contributed by atoms with Crippen LogP contribution in [0.25, 0.3) is 0 Å². The van der Waals surface area contributed by atoms with Gasteiger partial charge in [-0.2, -0.15) is 0 Å². The number of ether oxygens (including phenoxy) is 1. The summed E-state index contributed by atoms with van der Waals surface area (Å²) < 4.78 is 5.20. The van der Waals surface area contributed by atoms with Crippen molar-refractivity contribution in [3.8, 4) is 0 Å². The van der Waals surface area contributed by atoms with E-state index in [1.807, 2.05) is 30.3 Å². The van der Waals surface area contributed by atoms with Gasteiger partial charge in [-0.05, 0) is 18.1 Å². The number of nitrogens with one attached hydrogen (secondary N) is 1. The van der Waals surface area contributed by atoms with Gasteiger partial charge in [0.2, 0.25) is 11.8 Å². The molecule has 8 nitrogen and oxygen atoms in total. The zero-order valence-electron chi connectivity index (χ0n) is 16.7. The lowest BCUT2D eigenvalue weighted by molar-refractivity contribution is -0.384. The smallest absolute Gasteiger partial charge is 0.269 e. The van der Waals surface area contributed by atoms with Gasteiger partial charge in [-0.25, -0.2) is 0 Å². The zero-order chi connectivity index (χ0) is 21.4. The monoisotopic (exact) mass is 399 g/mol. The lowest BCUT2D eigenvalue weighted by Crippen LogP contribution is -2.52. The van der Waals surface area contributed by atoms with Crippen molar-refractivity contribution in [3.05, 3.63) is 75.8 Å². The summed E-state index contributed by atoms with van der Waals surface area (Å²) in [4.78, 5) is 37.1. The number of carbonyl (C=O) groups excluding carboxylic acids is 2. The average Bonchev–Trinajstić information content (AvgIpc) is 2.72. The number of amides is 2. The largest absolute Gasteiger partial charge is 0.382 e. The molecule has 0 fully saturated rings. The SMILES string of the molecule is COCC(C(=O)NCc1ccccc1)N(C(C)=O)[C@@H](C)c1ccc([N+](=O)[O-])cc1. The fraction of sp³-hybridized carbons (Fsp3) is 0.333. The molecule has 2 amide bonds. The lowest BCUT2D eigenvalue weighted by atomic mass is 10.0. The number of carbonyl (C=O) groups is 2. The summed E-state index contributed by atoms with van der Waals surface area (Å²) >= 11 is 0. The first kappa shape index (κ1) is 22.0. The number of nitro groups is 1. The van der Waals surface area contributed by atoms with E-state index in [1.54, 1.807) is 19.1 Å². The highest BCUT2D eigenvalue weighted by molar-refractivity contribution is 5.87. The molecule has 2 aromatic carbocycles. The van der Waals surface area contributed by atoms with Crippen LogP contribution in [-0.4, -0.2) is 41.4 Å². The van der Waals surface area contributed by atoms with Crippen molar-refractivity contribution >= 4 is 17.5 Å². The van der Waals surface area contributed by atoms with E-state index in [9.17, 15) is 19.7 Å². The molecule has 0 aromatic heterocycles. The molecular formula is C21H25N3O5. The third-order valence-corrected chi connectivity index (χ3v) is 4.64. The fourth-order valence-corrected chi connectivity index (χ4v) is 3.14. The van der Waals surface area contributed by atoms with E-state index < -0.39 is 17.0 Å². The molecule has 0 spiro atoms. The Hall–Kier alpha value is -3.26. The number of hydrogen-bond acceptors (Lipinski definition) is 5. The van der Waals surface area contributed by atoms with Crippen LogP contribution < -0.4 is 5.32 Å². The average molecular weight is 399 g/mol. The molecular weight excluding hydrogens is 374 g/mol. The summed E-state index contributed by atoms with van der Waals surface area (Å²) in [6.07, 6.45) is 0. The van der Waals surface area contributed by atoms with Crippen molar-refractivity contribution < 1.29 is 19.2 Å². The molecule has 0 aliphatic rings. The van der Waals surface area contributed by atoms with Crippen molar-refractivity contribution in [2.45, 2.75) is 32.5 Å². The Balaban J connectivity index is 2.21. The van der Waals surface area contributed by atoms with Gasteiger partial charge in [-0.1, -0.05) is 42.5 Å². The molecule has 154 valence electrons. The quantitative estimate of drug-likeness (QED) is 0.516. The third-order valence-electron chi connectivity index (χ3n) is 4.64. The van der Waals surface area contributed by atoms with Crippen LogP contribution in [-0.2, 0) is 20.9 Å². The van der Waals surface area contributed by atoms with E-state index in [-0.39, 0.29) is 24.1 Å². The van der Waals surface area contributed by atoms with Crippen LogP contribution in [0.1, 0.15) is 31.0 Å². The van der Waals surface area contributed by atoms with Gasteiger partial charge in [0.15, 0.2) is 0 Å². The second-order valence-corrected chi connectivity index (χ2v) is 6.63. The molecule has 8 heteroatoms. The van der Waals surface area contributed by atoms with Gasteiger partial charge >= 0.3 is 0 Å². The molecule has 2 rings (SSSR count). The number of methoxy groups -OCH3 is 1. The van der Waals surface area contributed by atoms with E-state index in [1.165, 1.54) is 31.1 Å². The summed E-state index contributed by atoms with van der Waals surface area (Å²) in [6, 6.07) is 14.1. The van der Waals surface area contributed by atoms with E-state index in [0.717, 1.165) is 5.56 Å². The Bertz CT molecular complexity index is 839. The summed E-state index contributed by atoms with van der Waals surface area (Å²) in [5.41, 5.74) is 1.59. The van der Waals surface area contributed by atoms with Gasteiger partial charge in [0.05, 0.1) is 17.6 Å². The summed E-state index contributed by atoms with van der Waals surface area (Å²) in [6.45, 7) is 3.51. The first-order chi connectivity index (χ1) is 13.8. The maximum absolute atomic E-state index is 12.9. The minimum Gasteiger partial charge on any atom is -0.382 e. The first-order valence-corrected chi connectivity index (χ1v) is 9.19. The number of non-ortho nitro benzene ring substituents is 1. The molecule has 2 aromatic rings. The second kappa shape index (κ2) is 10.3. The molecule has 0 aliphatic heterocycles. The summed E-state index contributed by atoms with van der Waals surface area (Å²) in [7, 11) is 1.46. The predicted octanol–water partition coefficient (Wildman–Crippen LogP) is 2.84. The van der Waals surface area contributed by atoms with Gasteiger partial charge in [-0.3, -0.25) is 19.7 Å². The van der Waals surface area contributed by atoms with Gasteiger partial charge < -0.3 is 15.0 Å². The lowest BCUT2D eigenvalue weighted by Gasteiger charge is -2.35. The van der Waals surface area contributed by atoms with Crippen LogP contribution >= 0.6 is 0 Å². The van der Waals surface area contributed by atoms with Crippen molar-refractivity contribution in [3.63, 3.8) is 0 Å². The molecule has 0 saturated carbocycles. The van der Waals surface area contributed by atoms with Gasteiger partial charge in [0.25, 0.3) is 5.69 Å². The van der Waals surface area contributed by atoms with Crippen LogP contribution in [0.4, 0.5) is 5.69 Å². The third kappa shape index (κ3) is 5.86. The Kier molecular flexibility index (Phi) is 7.85. The minimum atomic E-state index is -0.841. The van der Waals surface area contributed by atoms with Crippen molar-refractivity contribution in [2.75, 3.05) is 13.7 Å². The number of nitro benzene ring substituents is 1. The maximum Gasteiger partial charge on any atom is 0.269 e. The molecule has 0 aliphatic carbocycles. The van der Waals surface area contributed by atoms with Crippen LogP contribution in [0, 0.1) is 10.1 Å². The van der Waals surface area contributed by atoms with Gasteiger partial charge in [-0.15, -0.1) is 0 Å². The molecule has 2 atom stereocenters. The standard InChI is InChI=1S/C21H25N3O5/c1-15(18-9-11-19(12-10-18)24(27)28)23(16(2)25)20(14-29-3)21(26)22-13-17-7-5-4-6-8-17/h4-12,15,20H,13-14H2,1-3H3,(H,22,26)/t15-,20?/m0/s1. The van der Waals surface area contributed by atoms with E-state index in [2.05, 4.69) is 5.32 Å². The Morgan fingerprint density at radius 2 is 1.76 bits per heavy atom.